The molecule has 2 aliphatic rings. The Bertz CT molecular complexity index is 568. The highest BCUT2D eigenvalue weighted by Gasteiger charge is 2.53. The lowest BCUT2D eigenvalue weighted by Gasteiger charge is -2.43. The fourth-order valence-electron chi connectivity index (χ4n) is 3.05. The number of carbonyl (C=O) groups is 1. The van der Waals surface area contributed by atoms with Crippen LogP contribution < -0.4 is 5.73 Å². The van der Waals surface area contributed by atoms with Crippen LogP contribution in [0.2, 0.25) is 0 Å². The summed E-state index contributed by atoms with van der Waals surface area (Å²) in [6.45, 7) is 4.84. The molecule has 0 bridgehead atoms. The molecule has 5 heteroatoms. The minimum atomic E-state index is -0.736. The Kier molecular flexibility index (Phi) is 2.60. The van der Waals surface area contributed by atoms with Crippen molar-refractivity contribution in [3.05, 3.63) is 35.4 Å². The van der Waals surface area contributed by atoms with Crippen LogP contribution in [0.15, 0.2) is 29.3 Å². The van der Waals surface area contributed by atoms with E-state index in [2.05, 4.69) is 4.99 Å². The van der Waals surface area contributed by atoms with Gasteiger partial charge in [0.15, 0.2) is 5.54 Å². The molecule has 2 N–H and O–H groups in total. The van der Waals surface area contributed by atoms with E-state index in [-0.39, 0.29) is 12.1 Å². The number of benzene rings is 1. The van der Waals surface area contributed by atoms with E-state index in [9.17, 15) is 4.79 Å². The van der Waals surface area contributed by atoms with Gasteiger partial charge < -0.3 is 15.4 Å². The molecule has 0 fully saturated rings. The predicted octanol–water partition coefficient (Wildman–Crippen LogP) is 1.61. The first-order valence-electron chi connectivity index (χ1n) is 6.41. The van der Waals surface area contributed by atoms with E-state index in [1.54, 1.807) is 4.90 Å². The van der Waals surface area contributed by atoms with Gasteiger partial charge >= 0.3 is 6.03 Å². The molecule has 5 nitrogen and oxygen atoms in total. The van der Waals surface area contributed by atoms with Gasteiger partial charge in [0.2, 0.25) is 0 Å². The topological polar surface area (TPSA) is 67.9 Å². The normalized spacial score (nSPS) is 25.9. The van der Waals surface area contributed by atoms with Gasteiger partial charge in [0, 0.05) is 6.04 Å². The maximum absolute atomic E-state index is 12.1. The maximum atomic E-state index is 12.1. The van der Waals surface area contributed by atoms with E-state index in [4.69, 9.17) is 10.5 Å². The van der Waals surface area contributed by atoms with Gasteiger partial charge in [0.1, 0.15) is 5.84 Å². The number of amides is 2. The summed E-state index contributed by atoms with van der Waals surface area (Å²) >= 11 is 0. The molecule has 1 spiro atoms. The highest BCUT2D eigenvalue weighted by atomic mass is 16.5. The number of carbonyl (C=O) groups excluding carboxylic acids is 1. The van der Waals surface area contributed by atoms with Crippen molar-refractivity contribution in [2.24, 2.45) is 10.7 Å². The van der Waals surface area contributed by atoms with Gasteiger partial charge in [-0.2, -0.15) is 4.99 Å². The summed E-state index contributed by atoms with van der Waals surface area (Å²) in [5.41, 5.74) is 7.44. The van der Waals surface area contributed by atoms with Crippen molar-refractivity contribution in [3.63, 3.8) is 0 Å². The molecule has 2 aliphatic heterocycles. The van der Waals surface area contributed by atoms with Crippen LogP contribution in [-0.2, 0) is 16.9 Å². The van der Waals surface area contributed by atoms with Gasteiger partial charge in [-0.05, 0) is 25.0 Å². The molecule has 0 radical (unpaired) electrons. The van der Waals surface area contributed by atoms with Crippen molar-refractivity contribution in [1.29, 1.82) is 0 Å². The number of fused-ring (bicyclic) bond motifs is 2. The molecule has 19 heavy (non-hydrogen) atoms. The van der Waals surface area contributed by atoms with Crippen molar-refractivity contribution < 1.29 is 9.53 Å². The van der Waals surface area contributed by atoms with Crippen LogP contribution in [0.25, 0.3) is 0 Å². The molecule has 0 saturated heterocycles. The number of aliphatic imine (C=N–C) groups is 1. The molecular weight excluding hydrogens is 242 g/mol. The smallest absolute Gasteiger partial charge is 0.346 e. The van der Waals surface area contributed by atoms with Crippen molar-refractivity contribution in [3.8, 4) is 0 Å². The van der Waals surface area contributed by atoms with Gasteiger partial charge in [-0.3, -0.25) is 0 Å². The zero-order chi connectivity index (χ0) is 13.6. The van der Waals surface area contributed by atoms with Crippen LogP contribution in [0, 0.1) is 0 Å². The molecule has 1 aromatic rings. The summed E-state index contributed by atoms with van der Waals surface area (Å²) in [5.74, 6) is 0.332. The number of ether oxygens (including phenoxy) is 1. The quantitative estimate of drug-likeness (QED) is 0.833. The lowest BCUT2D eigenvalue weighted by Crippen LogP contribution is -2.58. The monoisotopic (exact) mass is 259 g/mol. The number of urea groups is 1. The Morgan fingerprint density at radius 2 is 2.16 bits per heavy atom. The zero-order valence-corrected chi connectivity index (χ0v) is 11.1. The van der Waals surface area contributed by atoms with E-state index in [0.717, 1.165) is 11.1 Å². The highest BCUT2D eigenvalue weighted by Crippen LogP contribution is 2.40. The predicted molar refractivity (Wildman–Crippen MR) is 71.8 cm³/mol. The van der Waals surface area contributed by atoms with E-state index >= 15 is 0 Å². The van der Waals surface area contributed by atoms with E-state index < -0.39 is 5.54 Å². The van der Waals surface area contributed by atoms with Gasteiger partial charge in [-0.15, -0.1) is 0 Å². The van der Waals surface area contributed by atoms with Crippen LogP contribution in [-0.4, -0.2) is 29.4 Å². The number of nitrogens with two attached hydrogens (primary N) is 1. The number of hydrogen-bond donors (Lipinski definition) is 1. The molecule has 3 rings (SSSR count). The average Bonchev–Trinajstić information content (AvgIpc) is 2.62. The summed E-state index contributed by atoms with van der Waals surface area (Å²) in [7, 11) is 0. The van der Waals surface area contributed by atoms with Gasteiger partial charge in [-0.1, -0.05) is 24.3 Å². The second kappa shape index (κ2) is 4.06. The Labute approximate surface area is 112 Å². The van der Waals surface area contributed by atoms with Gasteiger partial charge in [-0.25, -0.2) is 4.79 Å². The first-order chi connectivity index (χ1) is 9.07. The van der Waals surface area contributed by atoms with Crippen molar-refractivity contribution >= 4 is 11.9 Å². The molecule has 0 saturated carbocycles. The fourth-order valence-corrected chi connectivity index (χ4v) is 3.05. The van der Waals surface area contributed by atoms with Crippen LogP contribution in [0.1, 0.15) is 25.0 Å². The van der Waals surface area contributed by atoms with E-state index in [1.807, 2.05) is 38.1 Å². The average molecular weight is 259 g/mol. The second-order valence-corrected chi connectivity index (χ2v) is 5.25. The molecule has 0 aliphatic carbocycles. The van der Waals surface area contributed by atoms with Crippen LogP contribution in [0.4, 0.5) is 4.79 Å². The number of nitrogens with zero attached hydrogens (tertiary/aromatic N) is 2. The van der Waals surface area contributed by atoms with Gasteiger partial charge in [0.25, 0.3) is 0 Å². The minimum absolute atomic E-state index is 0.00653. The molecule has 2 amide bonds. The minimum Gasteiger partial charge on any atom is -0.385 e. The maximum Gasteiger partial charge on any atom is 0.346 e. The van der Waals surface area contributed by atoms with Crippen molar-refractivity contribution in [2.45, 2.75) is 32.0 Å². The van der Waals surface area contributed by atoms with Crippen LogP contribution >= 0.6 is 0 Å². The second-order valence-electron chi connectivity index (χ2n) is 5.25. The first-order valence-corrected chi connectivity index (χ1v) is 6.41. The SMILES string of the molecule is CC(C)N1C(=O)N=C(N)C12COCc1ccccc12. The Morgan fingerprint density at radius 3 is 2.89 bits per heavy atom. The third-order valence-corrected chi connectivity index (χ3v) is 3.81. The highest BCUT2D eigenvalue weighted by molar-refractivity contribution is 6.06. The van der Waals surface area contributed by atoms with E-state index in [1.165, 1.54) is 0 Å². The number of hydrogen-bond acceptors (Lipinski definition) is 3. The summed E-state index contributed by atoms with van der Waals surface area (Å²) in [4.78, 5) is 17.8. The van der Waals surface area contributed by atoms with Crippen LogP contribution in [0.5, 0.6) is 0 Å². The zero-order valence-electron chi connectivity index (χ0n) is 11.1. The summed E-state index contributed by atoms with van der Waals surface area (Å²) in [6, 6.07) is 7.66. The molecule has 0 aromatic heterocycles. The number of amidine groups is 1. The third-order valence-electron chi connectivity index (χ3n) is 3.81. The molecule has 2 heterocycles. The Balaban J connectivity index is 2.23. The lowest BCUT2D eigenvalue weighted by atomic mass is 9.83. The standard InChI is InChI=1S/C14H17N3O2/c1-9(2)17-13(18)16-12(15)14(17)8-19-7-10-5-3-4-6-11(10)14/h3-6,9H,7-8H2,1-2H3,(H2,15,16,18). The Morgan fingerprint density at radius 1 is 1.42 bits per heavy atom. The Hall–Kier alpha value is -1.88. The first kappa shape index (κ1) is 12.2. The largest absolute Gasteiger partial charge is 0.385 e. The fraction of sp³-hybridized carbons (Fsp3) is 0.429. The summed E-state index contributed by atoms with van der Waals surface area (Å²) < 4.78 is 5.68. The third kappa shape index (κ3) is 1.51. The van der Waals surface area contributed by atoms with Gasteiger partial charge in [0.05, 0.1) is 13.2 Å². The molecule has 1 atom stereocenters. The number of rotatable bonds is 1. The van der Waals surface area contributed by atoms with Crippen molar-refractivity contribution in [2.75, 3.05) is 6.61 Å². The molecule has 1 aromatic carbocycles. The molecule has 100 valence electrons. The summed E-state index contributed by atoms with van der Waals surface area (Å²) in [6.07, 6.45) is 0. The summed E-state index contributed by atoms with van der Waals surface area (Å²) in [5, 5.41) is 0. The van der Waals surface area contributed by atoms with Crippen molar-refractivity contribution in [1.82, 2.24) is 4.90 Å². The lowest BCUT2D eigenvalue weighted by molar-refractivity contribution is 0.0145. The van der Waals surface area contributed by atoms with E-state index in [0.29, 0.717) is 19.0 Å². The molecule has 1 unspecified atom stereocenters. The molecular formula is C14H17N3O2. The van der Waals surface area contributed by atoms with Crippen LogP contribution in [0.3, 0.4) is 0 Å².